The molecule has 0 aliphatic rings. The second-order valence-electron chi connectivity index (χ2n) is 4.23. The maximum absolute atomic E-state index is 12.1. The Hall–Kier alpha value is -2.68. The molecule has 1 aromatic carbocycles. The molecule has 0 radical (unpaired) electrons. The number of hydrogen-bond donors (Lipinski definition) is 0. The van der Waals surface area contributed by atoms with Crippen LogP contribution in [0, 0.1) is 11.3 Å². The van der Waals surface area contributed by atoms with Crippen molar-refractivity contribution < 1.29 is 9.53 Å². The summed E-state index contributed by atoms with van der Waals surface area (Å²) < 4.78 is 6.09. The van der Waals surface area contributed by atoms with Gasteiger partial charge in [0, 0.05) is 13.5 Å². The Morgan fingerprint density at radius 2 is 2.20 bits per heavy atom. The molecule has 0 atom stereocenters. The van der Waals surface area contributed by atoms with Gasteiger partial charge in [0.2, 0.25) is 0 Å². The van der Waals surface area contributed by atoms with Crippen LogP contribution in [0.4, 0.5) is 0 Å². The normalized spacial score (nSPS) is 10.2. The van der Waals surface area contributed by atoms with E-state index in [9.17, 15) is 9.59 Å². The van der Waals surface area contributed by atoms with Gasteiger partial charge in [0.25, 0.3) is 5.56 Å². The molecular formula is C14H13N3O3. The summed E-state index contributed by atoms with van der Waals surface area (Å²) in [4.78, 5) is 27.9. The van der Waals surface area contributed by atoms with Crippen LogP contribution in [0.5, 0.6) is 0 Å². The van der Waals surface area contributed by atoms with E-state index in [0.29, 0.717) is 23.1 Å². The number of fused-ring (bicyclic) bond motifs is 1. The van der Waals surface area contributed by atoms with Gasteiger partial charge in [-0.15, -0.1) is 0 Å². The number of rotatable bonds is 4. The number of carbonyl (C=O) groups is 1. The number of nitriles is 1. The largest absolute Gasteiger partial charge is 0.450 e. The van der Waals surface area contributed by atoms with Crippen molar-refractivity contribution in [3.63, 3.8) is 0 Å². The molecule has 6 nitrogen and oxygen atoms in total. The fraction of sp³-hybridized carbons (Fsp3) is 0.286. The summed E-state index contributed by atoms with van der Waals surface area (Å²) in [5.41, 5.74) is 0.465. The van der Waals surface area contributed by atoms with Crippen molar-refractivity contribution in [2.75, 3.05) is 6.61 Å². The number of aromatic nitrogens is 2. The van der Waals surface area contributed by atoms with Crippen LogP contribution in [-0.2, 0) is 23.0 Å². The van der Waals surface area contributed by atoms with Crippen LogP contribution in [-0.4, -0.2) is 22.1 Å². The summed E-state index contributed by atoms with van der Waals surface area (Å²) >= 11 is 0. The molecule has 0 aliphatic heterocycles. The van der Waals surface area contributed by atoms with Crippen LogP contribution in [0.15, 0.2) is 29.1 Å². The van der Waals surface area contributed by atoms with Gasteiger partial charge in [0.05, 0.1) is 17.3 Å². The lowest BCUT2D eigenvalue weighted by atomic mass is 10.2. The molecule has 6 heteroatoms. The Morgan fingerprint density at radius 1 is 1.45 bits per heavy atom. The fourth-order valence-corrected chi connectivity index (χ4v) is 1.89. The molecule has 0 unspecified atom stereocenters. The highest BCUT2D eigenvalue weighted by Gasteiger charge is 2.10. The summed E-state index contributed by atoms with van der Waals surface area (Å²) in [6.45, 7) is -0.261. The number of esters is 1. The summed E-state index contributed by atoms with van der Waals surface area (Å²) in [5.74, 6) is 0.0385. The van der Waals surface area contributed by atoms with Crippen molar-refractivity contribution in [3.8, 4) is 6.07 Å². The van der Waals surface area contributed by atoms with Gasteiger partial charge in [-0.1, -0.05) is 12.1 Å². The molecular weight excluding hydrogens is 258 g/mol. The van der Waals surface area contributed by atoms with Gasteiger partial charge in [-0.2, -0.15) is 5.26 Å². The highest BCUT2D eigenvalue weighted by molar-refractivity contribution is 5.77. The summed E-state index contributed by atoms with van der Waals surface area (Å²) in [7, 11) is 1.62. The zero-order valence-corrected chi connectivity index (χ0v) is 11.0. The summed E-state index contributed by atoms with van der Waals surface area (Å²) in [6.07, 6.45) is 0.376. The zero-order valence-electron chi connectivity index (χ0n) is 11.0. The van der Waals surface area contributed by atoms with Crippen LogP contribution in [0.3, 0.4) is 0 Å². The Kier molecular flexibility index (Phi) is 4.11. The molecule has 1 heterocycles. The van der Waals surface area contributed by atoms with Gasteiger partial charge in [0.1, 0.15) is 11.9 Å². The van der Waals surface area contributed by atoms with E-state index in [4.69, 9.17) is 5.26 Å². The highest BCUT2D eigenvalue weighted by Crippen LogP contribution is 2.08. The topological polar surface area (TPSA) is 85.0 Å². The number of aryl methyl sites for hydroxylation is 1. The first-order valence-corrected chi connectivity index (χ1v) is 6.10. The Bertz CT molecular complexity index is 743. The van der Waals surface area contributed by atoms with Gasteiger partial charge in [-0.3, -0.25) is 14.2 Å². The minimum Gasteiger partial charge on any atom is -0.450 e. The SMILES string of the molecule is Cn1c(CCC(=O)OCC#N)nc2ccccc2c1=O. The van der Waals surface area contributed by atoms with E-state index in [2.05, 4.69) is 9.72 Å². The molecule has 0 aliphatic carbocycles. The first-order valence-electron chi connectivity index (χ1n) is 6.10. The molecule has 0 N–H and O–H groups in total. The third-order valence-corrected chi connectivity index (χ3v) is 2.93. The highest BCUT2D eigenvalue weighted by atomic mass is 16.5. The number of para-hydroxylation sites is 1. The first kappa shape index (κ1) is 13.7. The van der Waals surface area contributed by atoms with Gasteiger partial charge >= 0.3 is 5.97 Å². The molecule has 0 saturated carbocycles. The van der Waals surface area contributed by atoms with Crippen molar-refractivity contribution in [3.05, 3.63) is 40.4 Å². The number of nitrogens with zero attached hydrogens (tertiary/aromatic N) is 3. The average molecular weight is 271 g/mol. The van der Waals surface area contributed by atoms with Crippen LogP contribution in [0.1, 0.15) is 12.2 Å². The predicted octanol–water partition coefficient (Wildman–Crippen LogP) is 0.933. The van der Waals surface area contributed by atoms with Crippen molar-refractivity contribution in [2.24, 2.45) is 7.05 Å². The van der Waals surface area contributed by atoms with E-state index in [1.807, 2.05) is 0 Å². The molecule has 0 amide bonds. The van der Waals surface area contributed by atoms with E-state index in [0.717, 1.165) is 0 Å². The third kappa shape index (κ3) is 2.83. The lowest BCUT2D eigenvalue weighted by Gasteiger charge is -2.08. The van der Waals surface area contributed by atoms with Crippen molar-refractivity contribution in [1.29, 1.82) is 5.26 Å². The standard InChI is InChI=1S/C14H13N3O3/c1-17-12(6-7-13(18)20-9-8-15)16-11-5-3-2-4-10(11)14(17)19/h2-5H,6-7,9H2,1H3. The minimum atomic E-state index is -0.478. The molecule has 102 valence electrons. The monoisotopic (exact) mass is 271 g/mol. The van der Waals surface area contributed by atoms with Gasteiger partial charge in [0.15, 0.2) is 6.61 Å². The quantitative estimate of drug-likeness (QED) is 0.772. The molecule has 2 aromatic rings. The average Bonchev–Trinajstić information content (AvgIpc) is 2.47. The lowest BCUT2D eigenvalue weighted by Crippen LogP contribution is -2.23. The van der Waals surface area contributed by atoms with E-state index < -0.39 is 5.97 Å². The van der Waals surface area contributed by atoms with Crippen molar-refractivity contribution in [2.45, 2.75) is 12.8 Å². The van der Waals surface area contributed by atoms with Crippen molar-refractivity contribution >= 4 is 16.9 Å². The predicted molar refractivity (Wildman–Crippen MR) is 71.9 cm³/mol. The van der Waals surface area contributed by atoms with Crippen molar-refractivity contribution in [1.82, 2.24) is 9.55 Å². The first-order chi connectivity index (χ1) is 9.63. The lowest BCUT2D eigenvalue weighted by molar-refractivity contribution is -0.142. The third-order valence-electron chi connectivity index (χ3n) is 2.93. The van der Waals surface area contributed by atoms with E-state index in [-0.39, 0.29) is 18.6 Å². The maximum atomic E-state index is 12.1. The number of hydrogen-bond acceptors (Lipinski definition) is 5. The van der Waals surface area contributed by atoms with E-state index in [1.165, 1.54) is 4.57 Å². The molecule has 0 fully saturated rings. The Labute approximate surface area is 115 Å². The fourth-order valence-electron chi connectivity index (χ4n) is 1.89. The molecule has 20 heavy (non-hydrogen) atoms. The van der Waals surface area contributed by atoms with E-state index >= 15 is 0 Å². The summed E-state index contributed by atoms with van der Waals surface area (Å²) in [5, 5.41) is 8.86. The zero-order chi connectivity index (χ0) is 14.5. The van der Waals surface area contributed by atoms with Gasteiger partial charge in [-0.05, 0) is 12.1 Å². The number of benzene rings is 1. The van der Waals surface area contributed by atoms with Gasteiger partial charge in [-0.25, -0.2) is 4.98 Å². The number of ether oxygens (including phenoxy) is 1. The second-order valence-corrected chi connectivity index (χ2v) is 4.23. The molecule has 0 saturated heterocycles. The minimum absolute atomic E-state index is 0.0836. The maximum Gasteiger partial charge on any atom is 0.307 e. The van der Waals surface area contributed by atoms with Crippen LogP contribution in [0.2, 0.25) is 0 Å². The van der Waals surface area contributed by atoms with Gasteiger partial charge < -0.3 is 4.74 Å². The van der Waals surface area contributed by atoms with Crippen LogP contribution in [0.25, 0.3) is 10.9 Å². The van der Waals surface area contributed by atoms with Crippen LogP contribution < -0.4 is 5.56 Å². The molecule has 2 rings (SSSR count). The second kappa shape index (κ2) is 5.97. The number of carbonyl (C=O) groups excluding carboxylic acids is 1. The van der Waals surface area contributed by atoms with Crippen LogP contribution >= 0.6 is 0 Å². The molecule has 0 spiro atoms. The Morgan fingerprint density at radius 3 is 2.95 bits per heavy atom. The summed E-state index contributed by atoms with van der Waals surface area (Å²) in [6, 6.07) is 8.79. The smallest absolute Gasteiger partial charge is 0.307 e. The molecule has 0 bridgehead atoms. The van der Waals surface area contributed by atoms with E-state index in [1.54, 1.807) is 37.4 Å². The molecule has 1 aromatic heterocycles. The Balaban J connectivity index is 2.23.